The van der Waals surface area contributed by atoms with Crippen molar-refractivity contribution in [2.24, 2.45) is 5.92 Å². The Balaban J connectivity index is 2.15. The Bertz CT molecular complexity index is 486. The van der Waals surface area contributed by atoms with Crippen molar-refractivity contribution in [3.05, 3.63) is 17.7 Å². The minimum absolute atomic E-state index is 0.0866. The molecule has 104 valence electrons. The van der Waals surface area contributed by atoms with Crippen molar-refractivity contribution in [2.75, 3.05) is 26.1 Å². The first-order valence-corrected chi connectivity index (χ1v) is 6.43. The van der Waals surface area contributed by atoms with Crippen LogP contribution in [0.3, 0.4) is 0 Å². The number of hydrogen-bond acceptors (Lipinski definition) is 4. The Morgan fingerprint density at radius 2 is 2.00 bits per heavy atom. The van der Waals surface area contributed by atoms with E-state index in [1.54, 1.807) is 24.1 Å². The molecule has 1 aliphatic rings. The third-order valence-electron chi connectivity index (χ3n) is 3.16. The van der Waals surface area contributed by atoms with Gasteiger partial charge in [0.2, 0.25) is 6.79 Å². The smallest absolute Gasteiger partial charge is 0.255 e. The molecule has 0 bridgehead atoms. The molecule has 2 rings (SSSR count). The number of nitrogens with two attached hydrogens (primary N) is 1. The quantitative estimate of drug-likeness (QED) is 0.846. The first-order chi connectivity index (χ1) is 8.99. The number of carbonyl (C=O) groups is 1. The fourth-order valence-electron chi connectivity index (χ4n) is 1.90. The molecule has 1 aromatic rings. The van der Waals surface area contributed by atoms with Crippen LogP contribution in [0.25, 0.3) is 0 Å². The number of carbonyl (C=O) groups excluding carboxylic acids is 1. The van der Waals surface area contributed by atoms with Gasteiger partial charge in [0.1, 0.15) is 0 Å². The van der Waals surface area contributed by atoms with Crippen molar-refractivity contribution in [1.29, 1.82) is 0 Å². The number of rotatable bonds is 4. The van der Waals surface area contributed by atoms with Gasteiger partial charge in [-0.3, -0.25) is 4.79 Å². The molecule has 0 atom stereocenters. The highest BCUT2D eigenvalue weighted by molar-refractivity contribution is 6.00. The number of ether oxygens (including phenoxy) is 2. The monoisotopic (exact) mass is 264 g/mol. The molecule has 19 heavy (non-hydrogen) atoms. The molecule has 1 aromatic carbocycles. The Morgan fingerprint density at radius 1 is 1.37 bits per heavy atom. The molecule has 5 heteroatoms. The highest BCUT2D eigenvalue weighted by atomic mass is 16.7. The van der Waals surface area contributed by atoms with Crippen LogP contribution in [0, 0.1) is 5.92 Å². The number of hydrogen-bond donors (Lipinski definition) is 1. The highest BCUT2D eigenvalue weighted by Gasteiger charge is 2.21. The topological polar surface area (TPSA) is 64.8 Å². The van der Waals surface area contributed by atoms with Crippen LogP contribution < -0.4 is 15.2 Å². The van der Waals surface area contributed by atoms with Gasteiger partial charge >= 0.3 is 0 Å². The lowest BCUT2D eigenvalue weighted by Crippen LogP contribution is -2.29. The summed E-state index contributed by atoms with van der Waals surface area (Å²) in [7, 11) is 1.79. The summed E-state index contributed by atoms with van der Waals surface area (Å²) < 4.78 is 10.5. The van der Waals surface area contributed by atoms with Gasteiger partial charge < -0.3 is 20.1 Å². The zero-order valence-electron chi connectivity index (χ0n) is 11.6. The number of anilines is 1. The molecule has 2 N–H and O–H groups in total. The number of fused-ring (bicyclic) bond motifs is 1. The van der Waals surface area contributed by atoms with E-state index in [-0.39, 0.29) is 12.7 Å². The maximum atomic E-state index is 12.3. The summed E-state index contributed by atoms with van der Waals surface area (Å²) in [4.78, 5) is 14.0. The standard InChI is InChI=1S/C14H20N2O3/c1-9(2)4-5-16(3)14(17)10-6-12-13(7-11(10)15)19-8-18-12/h6-7,9H,4-5,8,15H2,1-3H3. The Hall–Kier alpha value is -1.91. The summed E-state index contributed by atoms with van der Waals surface area (Å²) in [6, 6.07) is 3.30. The van der Waals surface area contributed by atoms with Gasteiger partial charge in [0.05, 0.1) is 5.56 Å². The average molecular weight is 264 g/mol. The molecule has 1 amide bonds. The maximum absolute atomic E-state index is 12.3. The Labute approximate surface area is 113 Å². The molecule has 0 spiro atoms. The fourth-order valence-corrected chi connectivity index (χ4v) is 1.90. The second kappa shape index (κ2) is 5.38. The number of nitrogens with zero attached hydrogens (tertiary/aromatic N) is 1. The number of amides is 1. The Morgan fingerprint density at radius 3 is 2.63 bits per heavy atom. The van der Waals surface area contributed by atoms with Gasteiger partial charge in [-0.25, -0.2) is 0 Å². The van der Waals surface area contributed by atoms with E-state index in [4.69, 9.17) is 15.2 Å². The van der Waals surface area contributed by atoms with E-state index in [9.17, 15) is 4.79 Å². The minimum atomic E-state index is -0.0866. The largest absolute Gasteiger partial charge is 0.454 e. The molecule has 0 saturated carbocycles. The number of benzene rings is 1. The van der Waals surface area contributed by atoms with Crippen LogP contribution in [0.4, 0.5) is 5.69 Å². The van der Waals surface area contributed by atoms with Crippen LogP contribution >= 0.6 is 0 Å². The fraction of sp³-hybridized carbons (Fsp3) is 0.500. The van der Waals surface area contributed by atoms with Gasteiger partial charge in [-0.15, -0.1) is 0 Å². The van der Waals surface area contributed by atoms with E-state index in [2.05, 4.69) is 13.8 Å². The summed E-state index contributed by atoms with van der Waals surface area (Å²) in [5, 5.41) is 0. The predicted octanol–water partition coefficient (Wildman–Crippen LogP) is 2.12. The van der Waals surface area contributed by atoms with E-state index in [1.807, 2.05) is 0 Å². The van der Waals surface area contributed by atoms with Crippen molar-refractivity contribution in [2.45, 2.75) is 20.3 Å². The van der Waals surface area contributed by atoms with Gasteiger partial charge in [-0.1, -0.05) is 13.8 Å². The van der Waals surface area contributed by atoms with Crippen LogP contribution in [-0.2, 0) is 0 Å². The zero-order chi connectivity index (χ0) is 14.0. The lowest BCUT2D eigenvalue weighted by Gasteiger charge is -2.19. The average Bonchev–Trinajstić information content (AvgIpc) is 2.80. The summed E-state index contributed by atoms with van der Waals surface area (Å²) in [6.45, 7) is 5.15. The van der Waals surface area contributed by atoms with Crippen LogP contribution in [-0.4, -0.2) is 31.2 Å². The van der Waals surface area contributed by atoms with Gasteiger partial charge in [-0.2, -0.15) is 0 Å². The molecule has 0 aliphatic carbocycles. The molecular weight excluding hydrogens is 244 g/mol. The number of nitrogen functional groups attached to an aromatic ring is 1. The van der Waals surface area contributed by atoms with Gasteiger partial charge in [0, 0.05) is 25.3 Å². The van der Waals surface area contributed by atoms with Crippen LogP contribution in [0.2, 0.25) is 0 Å². The molecule has 1 aliphatic heterocycles. The molecule has 0 radical (unpaired) electrons. The second-order valence-corrected chi connectivity index (χ2v) is 5.20. The van der Waals surface area contributed by atoms with Crippen molar-refractivity contribution in [3.8, 4) is 11.5 Å². The summed E-state index contributed by atoms with van der Waals surface area (Å²) >= 11 is 0. The summed E-state index contributed by atoms with van der Waals surface area (Å²) in [5.41, 5.74) is 6.80. The van der Waals surface area contributed by atoms with Gasteiger partial charge in [0.15, 0.2) is 11.5 Å². The lowest BCUT2D eigenvalue weighted by atomic mass is 10.1. The van der Waals surface area contributed by atoms with E-state index in [1.165, 1.54) is 0 Å². The SMILES string of the molecule is CC(C)CCN(C)C(=O)c1cc2c(cc1N)OCO2. The normalized spacial score (nSPS) is 12.8. The zero-order valence-corrected chi connectivity index (χ0v) is 11.6. The van der Waals surface area contributed by atoms with Crippen molar-refractivity contribution >= 4 is 11.6 Å². The van der Waals surface area contributed by atoms with Crippen molar-refractivity contribution in [1.82, 2.24) is 4.90 Å². The maximum Gasteiger partial charge on any atom is 0.255 e. The van der Waals surface area contributed by atoms with Crippen molar-refractivity contribution in [3.63, 3.8) is 0 Å². The summed E-state index contributed by atoms with van der Waals surface area (Å²) in [5.74, 6) is 1.65. The first-order valence-electron chi connectivity index (χ1n) is 6.43. The third-order valence-corrected chi connectivity index (χ3v) is 3.16. The molecule has 5 nitrogen and oxygen atoms in total. The van der Waals surface area contributed by atoms with Crippen molar-refractivity contribution < 1.29 is 14.3 Å². The molecule has 0 unspecified atom stereocenters. The van der Waals surface area contributed by atoms with Crippen LogP contribution in [0.1, 0.15) is 30.6 Å². The highest BCUT2D eigenvalue weighted by Crippen LogP contribution is 2.36. The van der Waals surface area contributed by atoms with E-state index >= 15 is 0 Å². The van der Waals surface area contributed by atoms with Gasteiger partial charge in [0.25, 0.3) is 5.91 Å². The molecule has 0 saturated heterocycles. The molecule has 0 fully saturated rings. The minimum Gasteiger partial charge on any atom is -0.454 e. The van der Waals surface area contributed by atoms with Crippen LogP contribution in [0.15, 0.2) is 12.1 Å². The lowest BCUT2D eigenvalue weighted by molar-refractivity contribution is 0.0790. The van der Waals surface area contributed by atoms with Gasteiger partial charge in [-0.05, 0) is 18.4 Å². The molecule has 1 heterocycles. The Kier molecular flexibility index (Phi) is 3.83. The summed E-state index contributed by atoms with van der Waals surface area (Å²) in [6.07, 6.45) is 0.965. The third kappa shape index (κ3) is 2.92. The molecular formula is C14H20N2O3. The molecule has 0 aromatic heterocycles. The first kappa shape index (κ1) is 13.5. The van der Waals surface area contributed by atoms with E-state index < -0.39 is 0 Å². The predicted molar refractivity (Wildman–Crippen MR) is 73.4 cm³/mol. The van der Waals surface area contributed by atoms with E-state index in [0.29, 0.717) is 35.2 Å². The van der Waals surface area contributed by atoms with E-state index in [0.717, 1.165) is 6.42 Å². The van der Waals surface area contributed by atoms with Crippen LogP contribution in [0.5, 0.6) is 11.5 Å². The second-order valence-electron chi connectivity index (χ2n) is 5.20.